The molecule has 0 radical (unpaired) electrons. The number of carbonyl (C=O) groups is 3. The Morgan fingerprint density at radius 1 is 1.11 bits per heavy atom. The van der Waals surface area contributed by atoms with Crippen LogP contribution in [0.25, 0.3) is 0 Å². The summed E-state index contributed by atoms with van der Waals surface area (Å²) in [6, 6.07) is 6.03. The van der Waals surface area contributed by atoms with Gasteiger partial charge in [-0.05, 0) is 17.5 Å². The van der Waals surface area contributed by atoms with Crippen LogP contribution >= 0.6 is 11.6 Å². The van der Waals surface area contributed by atoms with Crippen LogP contribution in [0.1, 0.15) is 32.4 Å². The fraction of sp³-hybridized carbons (Fsp3) is 0.550. The Bertz CT molecular complexity index is 717. The van der Waals surface area contributed by atoms with E-state index in [1.54, 1.807) is 11.0 Å². The van der Waals surface area contributed by atoms with E-state index in [4.69, 9.17) is 16.3 Å². The number of amides is 2. The summed E-state index contributed by atoms with van der Waals surface area (Å²) in [7, 11) is 1.35. The number of rotatable bonds is 6. The Labute approximate surface area is 171 Å². The highest BCUT2D eigenvalue weighted by molar-refractivity contribution is 6.31. The van der Waals surface area contributed by atoms with Gasteiger partial charge in [-0.25, -0.2) is 4.79 Å². The molecule has 8 heteroatoms. The van der Waals surface area contributed by atoms with Crippen molar-refractivity contribution in [3.8, 4) is 0 Å². The summed E-state index contributed by atoms with van der Waals surface area (Å²) in [5, 5.41) is 3.24. The van der Waals surface area contributed by atoms with Gasteiger partial charge in [0.05, 0.1) is 7.11 Å². The second kappa shape index (κ2) is 9.89. The van der Waals surface area contributed by atoms with Gasteiger partial charge in [-0.2, -0.15) is 0 Å². The predicted molar refractivity (Wildman–Crippen MR) is 107 cm³/mol. The number of nitrogens with zero attached hydrogens (tertiary/aromatic N) is 2. The smallest absolute Gasteiger partial charge is 0.327 e. The van der Waals surface area contributed by atoms with E-state index in [0.717, 1.165) is 0 Å². The van der Waals surface area contributed by atoms with Crippen molar-refractivity contribution in [1.29, 1.82) is 0 Å². The normalized spacial score (nSPS) is 17.1. The fourth-order valence-electron chi connectivity index (χ4n) is 3.41. The number of esters is 1. The first kappa shape index (κ1) is 22.2. The largest absolute Gasteiger partial charge is 0.468 e. The molecule has 2 amide bonds. The zero-order chi connectivity index (χ0) is 20.8. The Kier molecular flexibility index (Phi) is 7.83. The van der Waals surface area contributed by atoms with Gasteiger partial charge < -0.3 is 15.0 Å². The molecule has 1 saturated heterocycles. The van der Waals surface area contributed by atoms with E-state index >= 15 is 0 Å². The topological polar surface area (TPSA) is 79.0 Å². The summed E-state index contributed by atoms with van der Waals surface area (Å²) < 4.78 is 5.00. The Morgan fingerprint density at radius 3 is 2.21 bits per heavy atom. The molecule has 28 heavy (non-hydrogen) atoms. The lowest BCUT2D eigenvalue weighted by molar-refractivity contribution is -0.149. The zero-order valence-electron chi connectivity index (χ0n) is 16.8. The van der Waals surface area contributed by atoms with Gasteiger partial charge in [0.2, 0.25) is 11.8 Å². The van der Waals surface area contributed by atoms with Crippen molar-refractivity contribution >= 4 is 29.4 Å². The molecule has 0 bridgehead atoms. The molecule has 1 N–H and O–H groups in total. The first-order chi connectivity index (χ1) is 13.3. The zero-order valence-corrected chi connectivity index (χ0v) is 17.5. The van der Waals surface area contributed by atoms with E-state index in [2.05, 4.69) is 5.32 Å². The maximum atomic E-state index is 12.8. The predicted octanol–water partition coefficient (Wildman–Crippen LogP) is 1.86. The van der Waals surface area contributed by atoms with Gasteiger partial charge in [0.15, 0.2) is 0 Å². The van der Waals surface area contributed by atoms with Gasteiger partial charge >= 0.3 is 5.97 Å². The number of nitrogens with one attached hydrogen (secondary N) is 1. The molecule has 154 valence electrons. The van der Waals surface area contributed by atoms with Crippen LogP contribution < -0.4 is 5.32 Å². The molecule has 0 spiro atoms. The molecule has 0 aliphatic carbocycles. The van der Waals surface area contributed by atoms with Crippen LogP contribution in [-0.4, -0.2) is 66.9 Å². The second-order valence-electron chi connectivity index (χ2n) is 7.23. The lowest BCUT2D eigenvalue weighted by Crippen LogP contribution is -2.57. The quantitative estimate of drug-likeness (QED) is 0.725. The van der Waals surface area contributed by atoms with Crippen molar-refractivity contribution in [2.75, 3.05) is 33.3 Å². The number of piperazine rings is 1. The molecule has 1 aromatic rings. The maximum Gasteiger partial charge on any atom is 0.327 e. The standard InChI is InChI=1S/C20H28ClN3O4/c1-13(2)17(22-14(3)25)19(26)24-11-9-23(10-12-24)18(20(27)28-4)15-7-5-6-8-16(15)21/h5-8,13,17-18H,9-12H2,1-4H3,(H,22,25)/t17-,18+/m0/s1. The van der Waals surface area contributed by atoms with Gasteiger partial charge in [-0.1, -0.05) is 43.6 Å². The molecule has 7 nitrogen and oxygen atoms in total. The van der Waals surface area contributed by atoms with Gasteiger partial charge in [0, 0.05) is 38.1 Å². The number of ether oxygens (including phenoxy) is 1. The van der Waals surface area contributed by atoms with Gasteiger partial charge in [0.1, 0.15) is 12.1 Å². The highest BCUT2D eigenvalue weighted by Crippen LogP contribution is 2.29. The highest BCUT2D eigenvalue weighted by Gasteiger charge is 2.35. The molecule has 2 rings (SSSR count). The van der Waals surface area contributed by atoms with Crippen LogP contribution in [0.2, 0.25) is 5.02 Å². The second-order valence-corrected chi connectivity index (χ2v) is 7.64. The molecule has 0 saturated carbocycles. The average molecular weight is 410 g/mol. The SMILES string of the molecule is COC(=O)[C@@H](c1ccccc1Cl)N1CCN(C(=O)[C@@H](NC(C)=O)C(C)C)CC1. The first-order valence-corrected chi connectivity index (χ1v) is 9.76. The van der Waals surface area contributed by atoms with E-state index in [1.165, 1.54) is 14.0 Å². The molecule has 0 unspecified atom stereocenters. The third kappa shape index (κ3) is 5.23. The van der Waals surface area contributed by atoms with Crippen LogP contribution in [0.15, 0.2) is 24.3 Å². The van der Waals surface area contributed by atoms with Crippen molar-refractivity contribution < 1.29 is 19.1 Å². The molecular weight excluding hydrogens is 382 g/mol. The third-order valence-corrected chi connectivity index (χ3v) is 5.25. The van der Waals surface area contributed by atoms with Crippen LogP contribution in [-0.2, 0) is 19.1 Å². The van der Waals surface area contributed by atoms with E-state index in [-0.39, 0.29) is 23.7 Å². The van der Waals surface area contributed by atoms with Crippen molar-refractivity contribution in [3.05, 3.63) is 34.9 Å². The summed E-state index contributed by atoms with van der Waals surface area (Å²) >= 11 is 6.30. The van der Waals surface area contributed by atoms with Crippen molar-refractivity contribution in [2.45, 2.75) is 32.9 Å². The number of benzene rings is 1. The minimum absolute atomic E-state index is 0.0135. The average Bonchev–Trinajstić information content (AvgIpc) is 2.67. The molecule has 1 fully saturated rings. The summed E-state index contributed by atoms with van der Waals surface area (Å²) in [5.41, 5.74) is 0.689. The summed E-state index contributed by atoms with van der Waals surface area (Å²) in [4.78, 5) is 40.4. The van der Waals surface area contributed by atoms with E-state index in [9.17, 15) is 14.4 Å². The molecule has 1 aliphatic heterocycles. The van der Waals surface area contributed by atoms with Crippen molar-refractivity contribution in [1.82, 2.24) is 15.1 Å². The van der Waals surface area contributed by atoms with E-state index in [1.807, 2.05) is 36.9 Å². The number of methoxy groups -OCH3 is 1. The number of hydrogen-bond donors (Lipinski definition) is 1. The first-order valence-electron chi connectivity index (χ1n) is 9.38. The minimum atomic E-state index is -0.618. The summed E-state index contributed by atoms with van der Waals surface area (Å²) in [6.45, 7) is 7.13. The van der Waals surface area contributed by atoms with Crippen molar-refractivity contribution in [3.63, 3.8) is 0 Å². The minimum Gasteiger partial charge on any atom is -0.468 e. The number of carbonyl (C=O) groups excluding carboxylic acids is 3. The maximum absolute atomic E-state index is 12.8. The molecule has 0 aromatic heterocycles. The van der Waals surface area contributed by atoms with Crippen LogP contribution in [0.3, 0.4) is 0 Å². The summed E-state index contributed by atoms with van der Waals surface area (Å²) in [6.07, 6.45) is 0. The van der Waals surface area contributed by atoms with E-state index in [0.29, 0.717) is 36.8 Å². The van der Waals surface area contributed by atoms with Gasteiger partial charge in [-0.3, -0.25) is 14.5 Å². The Hall–Kier alpha value is -2.12. The van der Waals surface area contributed by atoms with Gasteiger partial charge in [0.25, 0.3) is 0 Å². The lowest BCUT2D eigenvalue weighted by atomic mass is 10.0. The lowest BCUT2D eigenvalue weighted by Gasteiger charge is -2.40. The highest BCUT2D eigenvalue weighted by atomic mass is 35.5. The molecule has 2 atom stereocenters. The third-order valence-electron chi connectivity index (χ3n) is 4.91. The van der Waals surface area contributed by atoms with Crippen LogP contribution in [0.4, 0.5) is 0 Å². The Balaban J connectivity index is 2.12. The monoisotopic (exact) mass is 409 g/mol. The molecular formula is C20H28ClN3O4. The number of halogens is 1. The van der Waals surface area contributed by atoms with Crippen LogP contribution in [0.5, 0.6) is 0 Å². The Morgan fingerprint density at radius 2 is 1.71 bits per heavy atom. The summed E-state index contributed by atoms with van der Waals surface area (Å²) in [5.74, 6) is -0.723. The van der Waals surface area contributed by atoms with Crippen LogP contribution in [0, 0.1) is 5.92 Å². The molecule has 1 aromatic carbocycles. The molecule has 1 heterocycles. The fourth-order valence-corrected chi connectivity index (χ4v) is 3.65. The number of hydrogen-bond acceptors (Lipinski definition) is 5. The van der Waals surface area contributed by atoms with Crippen molar-refractivity contribution in [2.24, 2.45) is 5.92 Å². The molecule has 1 aliphatic rings. The van der Waals surface area contributed by atoms with E-state index < -0.39 is 12.1 Å². The van der Waals surface area contributed by atoms with Gasteiger partial charge in [-0.15, -0.1) is 0 Å².